The molecule has 0 bridgehead atoms. The van der Waals surface area contributed by atoms with E-state index < -0.39 is 11.7 Å². The van der Waals surface area contributed by atoms with Crippen molar-refractivity contribution in [2.45, 2.75) is 32.2 Å². The summed E-state index contributed by atoms with van der Waals surface area (Å²) in [7, 11) is 0. The normalized spacial score (nSPS) is 16.5. The zero-order valence-corrected chi connectivity index (χ0v) is 16.6. The van der Waals surface area contributed by atoms with Crippen molar-refractivity contribution >= 4 is 10.9 Å². The monoisotopic (exact) mass is 424 g/mol. The molecule has 1 unspecified atom stereocenters. The molecule has 5 nitrogen and oxygen atoms in total. The number of hydrogen-bond acceptors (Lipinski definition) is 3. The first-order valence-corrected chi connectivity index (χ1v) is 9.90. The predicted molar refractivity (Wildman–Crippen MR) is 112 cm³/mol. The number of nitrogens with one attached hydrogen (secondary N) is 2. The Morgan fingerprint density at radius 1 is 1.10 bits per heavy atom. The van der Waals surface area contributed by atoms with Crippen molar-refractivity contribution in [3.8, 4) is 11.4 Å². The highest BCUT2D eigenvalue weighted by Gasteiger charge is 2.30. The van der Waals surface area contributed by atoms with Crippen LogP contribution >= 0.6 is 0 Å². The summed E-state index contributed by atoms with van der Waals surface area (Å²) in [6.07, 6.45) is -4.35. The number of alkyl halides is 3. The Kier molecular flexibility index (Phi) is 4.48. The van der Waals surface area contributed by atoms with E-state index in [4.69, 9.17) is 0 Å². The van der Waals surface area contributed by atoms with Gasteiger partial charge in [-0.3, -0.25) is 9.48 Å². The molecule has 3 heterocycles. The average molecular weight is 424 g/mol. The fraction of sp³-hybridized carbons (Fsp3) is 0.217. The second kappa shape index (κ2) is 7.09. The van der Waals surface area contributed by atoms with Gasteiger partial charge in [0.25, 0.3) is 0 Å². The van der Waals surface area contributed by atoms with E-state index in [9.17, 15) is 18.0 Å². The molecular formula is C23H19F3N4O. The molecule has 1 aliphatic rings. The summed E-state index contributed by atoms with van der Waals surface area (Å²) in [5.74, 6) is 0. The van der Waals surface area contributed by atoms with E-state index >= 15 is 0 Å². The van der Waals surface area contributed by atoms with Crippen molar-refractivity contribution in [1.29, 1.82) is 0 Å². The SMILES string of the molecule is Cc1c(-c2cc3n(n2)CC(c2ccc(C(F)(F)F)cc2)NC3)[nH]c2ccccc2c1=O. The molecule has 1 atom stereocenters. The molecule has 2 aromatic carbocycles. The van der Waals surface area contributed by atoms with Gasteiger partial charge >= 0.3 is 6.18 Å². The summed E-state index contributed by atoms with van der Waals surface area (Å²) in [4.78, 5) is 16.1. The second-order valence-corrected chi connectivity index (χ2v) is 7.76. The number of aromatic amines is 1. The van der Waals surface area contributed by atoms with Gasteiger partial charge in [0.1, 0.15) is 5.69 Å². The molecule has 2 aromatic heterocycles. The number of benzene rings is 2. The third-order valence-electron chi connectivity index (χ3n) is 5.79. The molecule has 0 radical (unpaired) electrons. The zero-order chi connectivity index (χ0) is 21.8. The van der Waals surface area contributed by atoms with Crippen LogP contribution in [-0.4, -0.2) is 14.8 Å². The van der Waals surface area contributed by atoms with Gasteiger partial charge in [-0.05, 0) is 42.8 Å². The minimum absolute atomic E-state index is 0.0314. The highest BCUT2D eigenvalue weighted by Crippen LogP contribution is 2.31. The minimum Gasteiger partial charge on any atom is -0.353 e. The Balaban J connectivity index is 1.47. The number of hydrogen-bond donors (Lipinski definition) is 2. The maximum Gasteiger partial charge on any atom is 0.416 e. The maximum absolute atomic E-state index is 12.8. The molecule has 0 fully saturated rings. The van der Waals surface area contributed by atoms with Crippen LogP contribution in [0.25, 0.3) is 22.3 Å². The van der Waals surface area contributed by atoms with E-state index in [0.29, 0.717) is 35.4 Å². The van der Waals surface area contributed by atoms with Crippen LogP contribution in [-0.2, 0) is 19.3 Å². The fourth-order valence-corrected chi connectivity index (χ4v) is 4.06. The third kappa shape index (κ3) is 3.42. The summed E-state index contributed by atoms with van der Waals surface area (Å²) < 4.78 is 40.3. The van der Waals surface area contributed by atoms with Crippen LogP contribution < -0.4 is 10.7 Å². The predicted octanol–water partition coefficient (Wildman–Crippen LogP) is 4.56. The molecule has 0 aliphatic carbocycles. The lowest BCUT2D eigenvalue weighted by atomic mass is 10.0. The Morgan fingerprint density at radius 3 is 2.58 bits per heavy atom. The highest BCUT2D eigenvalue weighted by atomic mass is 19.4. The topological polar surface area (TPSA) is 62.7 Å². The molecule has 2 N–H and O–H groups in total. The van der Waals surface area contributed by atoms with Crippen LogP contribution in [0.2, 0.25) is 0 Å². The van der Waals surface area contributed by atoms with Crippen molar-refractivity contribution in [3.05, 3.63) is 87.2 Å². The van der Waals surface area contributed by atoms with Gasteiger partial charge in [-0.1, -0.05) is 24.3 Å². The summed E-state index contributed by atoms with van der Waals surface area (Å²) in [6.45, 7) is 2.79. The smallest absolute Gasteiger partial charge is 0.353 e. The van der Waals surface area contributed by atoms with Gasteiger partial charge in [-0.25, -0.2) is 0 Å². The average Bonchev–Trinajstić information content (AvgIpc) is 3.19. The van der Waals surface area contributed by atoms with Crippen molar-refractivity contribution in [1.82, 2.24) is 20.1 Å². The van der Waals surface area contributed by atoms with Crippen molar-refractivity contribution in [2.75, 3.05) is 0 Å². The van der Waals surface area contributed by atoms with Crippen molar-refractivity contribution in [3.63, 3.8) is 0 Å². The summed E-state index contributed by atoms with van der Waals surface area (Å²) in [5.41, 5.74) is 3.72. The molecule has 1 aliphatic heterocycles. The van der Waals surface area contributed by atoms with E-state index in [-0.39, 0.29) is 11.5 Å². The van der Waals surface area contributed by atoms with Gasteiger partial charge in [0.05, 0.1) is 29.5 Å². The van der Waals surface area contributed by atoms with E-state index in [1.807, 2.05) is 28.9 Å². The standard InChI is InChI=1S/C23H19F3N4O/c1-13-21(28-18-5-3-2-4-17(18)22(13)31)19-10-16-11-27-20(12-30(16)29-19)14-6-8-15(9-7-14)23(24,25)26/h2-10,20,27H,11-12H2,1H3,(H,28,31). The van der Waals surface area contributed by atoms with Crippen molar-refractivity contribution < 1.29 is 13.2 Å². The molecule has 5 rings (SSSR count). The first kappa shape index (κ1) is 19.6. The van der Waals surface area contributed by atoms with Gasteiger partial charge in [0, 0.05) is 23.0 Å². The van der Waals surface area contributed by atoms with E-state index in [1.54, 1.807) is 13.0 Å². The number of halogens is 3. The molecule has 0 saturated heterocycles. The molecule has 8 heteroatoms. The summed E-state index contributed by atoms with van der Waals surface area (Å²) >= 11 is 0. The highest BCUT2D eigenvalue weighted by molar-refractivity contribution is 5.82. The second-order valence-electron chi connectivity index (χ2n) is 7.76. The Labute approximate surface area is 175 Å². The van der Waals surface area contributed by atoms with Crippen LogP contribution in [0.3, 0.4) is 0 Å². The first-order valence-electron chi connectivity index (χ1n) is 9.90. The molecule has 0 amide bonds. The number of rotatable bonds is 2. The quantitative estimate of drug-likeness (QED) is 0.496. The Bertz CT molecular complexity index is 1340. The third-order valence-corrected chi connectivity index (χ3v) is 5.79. The zero-order valence-electron chi connectivity index (χ0n) is 16.6. The van der Waals surface area contributed by atoms with Crippen LogP contribution in [0, 0.1) is 6.92 Å². The van der Waals surface area contributed by atoms with E-state index in [0.717, 1.165) is 28.9 Å². The number of aromatic nitrogens is 3. The van der Waals surface area contributed by atoms with Gasteiger partial charge in [0.15, 0.2) is 5.43 Å². The lowest BCUT2D eigenvalue weighted by molar-refractivity contribution is -0.137. The number of nitrogens with zero attached hydrogens (tertiary/aromatic N) is 2. The molecular weight excluding hydrogens is 405 g/mol. The molecule has 4 aromatic rings. The fourth-order valence-electron chi connectivity index (χ4n) is 4.06. The molecule has 31 heavy (non-hydrogen) atoms. The Morgan fingerprint density at radius 2 is 1.84 bits per heavy atom. The largest absolute Gasteiger partial charge is 0.416 e. The maximum atomic E-state index is 12.8. The first-order chi connectivity index (χ1) is 14.8. The van der Waals surface area contributed by atoms with E-state index in [1.165, 1.54) is 12.1 Å². The van der Waals surface area contributed by atoms with Gasteiger partial charge in [-0.15, -0.1) is 0 Å². The van der Waals surface area contributed by atoms with Crippen molar-refractivity contribution in [2.24, 2.45) is 0 Å². The van der Waals surface area contributed by atoms with Crippen LogP contribution in [0.15, 0.2) is 59.4 Å². The Hall–Kier alpha value is -3.39. The van der Waals surface area contributed by atoms with Gasteiger partial charge < -0.3 is 10.3 Å². The summed E-state index contributed by atoms with van der Waals surface area (Å²) in [5, 5.41) is 8.68. The molecule has 158 valence electrons. The van der Waals surface area contributed by atoms with Gasteiger partial charge in [0.2, 0.25) is 0 Å². The number of pyridine rings is 1. The van der Waals surface area contributed by atoms with Crippen LogP contribution in [0.4, 0.5) is 13.2 Å². The lowest BCUT2D eigenvalue weighted by Gasteiger charge is -2.25. The lowest BCUT2D eigenvalue weighted by Crippen LogP contribution is -2.32. The van der Waals surface area contributed by atoms with E-state index in [2.05, 4.69) is 15.4 Å². The van der Waals surface area contributed by atoms with Gasteiger partial charge in [-0.2, -0.15) is 18.3 Å². The molecule has 0 spiro atoms. The summed E-state index contributed by atoms with van der Waals surface area (Å²) in [6, 6.07) is 14.3. The van der Waals surface area contributed by atoms with Crippen LogP contribution in [0.5, 0.6) is 0 Å². The minimum atomic E-state index is -4.35. The number of para-hydroxylation sites is 1. The molecule has 0 saturated carbocycles. The number of H-pyrrole nitrogens is 1. The van der Waals surface area contributed by atoms with Crippen LogP contribution in [0.1, 0.15) is 28.4 Å². The number of fused-ring (bicyclic) bond motifs is 2.